The number of nitrogen functional groups attached to an aromatic ring is 2. The normalized spacial score (nSPS) is 13.0. The summed E-state index contributed by atoms with van der Waals surface area (Å²) >= 11 is 0. The average Bonchev–Trinajstić information content (AvgIpc) is 2.94. The number of fused-ring (bicyclic) bond motifs is 2. The van der Waals surface area contributed by atoms with Crippen LogP contribution >= 0.6 is 0 Å². The zero-order chi connectivity index (χ0) is 32.9. The number of nitrogens with zero attached hydrogens (tertiary/aromatic N) is 4. The first kappa shape index (κ1) is 31.4. The van der Waals surface area contributed by atoms with Crippen molar-refractivity contribution in [3.8, 4) is 5.75 Å². The smallest absolute Gasteiger partial charge is 0.296 e. The summed E-state index contributed by atoms with van der Waals surface area (Å²) in [6, 6.07) is 15.0. The molecule has 5 aromatic carbocycles. The van der Waals surface area contributed by atoms with Crippen molar-refractivity contribution in [1.82, 2.24) is 0 Å². The van der Waals surface area contributed by atoms with Crippen molar-refractivity contribution in [2.24, 2.45) is 20.5 Å². The van der Waals surface area contributed by atoms with Crippen molar-refractivity contribution in [3.05, 3.63) is 72.8 Å². The third-order valence-electron chi connectivity index (χ3n) is 6.41. The van der Waals surface area contributed by atoms with Crippen molar-refractivity contribution in [2.45, 2.75) is 14.7 Å². The van der Waals surface area contributed by atoms with Crippen molar-refractivity contribution in [1.29, 1.82) is 0 Å². The maximum Gasteiger partial charge on any atom is 0.296 e. The van der Waals surface area contributed by atoms with Gasteiger partial charge in [0.2, 0.25) is 0 Å². The highest BCUT2D eigenvalue weighted by molar-refractivity contribution is 7.86. The van der Waals surface area contributed by atoms with Crippen LogP contribution in [-0.2, 0) is 30.4 Å². The van der Waals surface area contributed by atoms with Gasteiger partial charge in [0, 0.05) is 11.1 Å². The molecule has 0 aliphatic heterocycles. The lowest BCUT2D eigenvalue weighted by atomic mass is 10.1. The lowest BCUT2D eigenvalue weighted by molar-refractivity contribution is 0.472. The number of phenolic OH excluding ortho intramolecular Hbond substituents is 1. The van der Waals surface area contributed by atoms with Crippen LogP contribution in [0.15, 0.2) is 108 Å². The molecule has 0 fully saturated rings. The number of anilines is 2. The molecule has 5 rings (SSSR count). The number of aromatic hydroxyl groups is 1. The molecule has 8 N–H and O–H groups in total. The summed E-state index contributed by atoms with van der Waals surface area (Å²) < 4.78 is 100. The standard InChI is InChI=1S/C26H20N6O10S3/c27-15-5-9-21(44(37,38)39)19(12-15)31-30-18-8-4-14-11-22(45(40,41)42)25(26(33)23(14)24(18)28)32-29-16-6-7-17-13(10-16)2-1-3-20(17)43(34,35)36/h1-12,33H,27-28H2,(H,34,35,36)(H,37,38,39)(H,40,41,42). The lowest BCUT2D eigenvalue weighted by Gasteiger charge is -2.12. The lowest BCUT2D eigenvalue weighted by Crippen LogP contribution is -2.00. The molecule has 232 valence electrons. The zero-order valence-electron chi connectivity index (χ0n) is 22.3. The largest absolute Gasteiger partial charge is 0.505 e. The van der Waals surface area contributed by atoms with Crippen LogP contribution in [0, 0.1) is 0 Å². The topological polar surface area (TPSA) is 285 Å². The maximum absolute atomic E-state index is 12.2. The minimum atomic E-state index is -4.98. The second kappa shape index (κ2) is 11.1. The van der Waals surface area contributed by atoms with E-state index in [0.717, 1.165) is 18.2 Å². The first-order valence-electron chi connectivity index (χ1n) is 12.2. The minimum Gasteiger partial charge on any atom is -0.505 e. The Morgan fingerprint density at radius 3 is 1.91 bits per heavy atom. The predicted molar refractivity (Wildman–Crippen MR) is 163 cm³/mol. The molecular formula is C26H20N6O10S3. The highest BCUT2D eigenvalue weighted by atomic mass is 32.2. The van der Waals surface area contributed by atoms with E-state index in [2.05, 4.69) is 20.5 Å². The van der Waals surface area contributed by atoms with Crippen LogP contribution in [0.5, 0.6) is 5.75 Å². The molecule has 0 heterocycles. The molecule has 0 aliphatic rings. The highest BCUT2D eigenvalue weighted by Crippen LogP contribution is 2.46. The monoisotopic (exact) mass is 672 g/mol. The van der Waals surface area contributed by atoms with E-state index >= 15 is 0 Å². The van der Waals surface area contributed by atoms with Crippen LogP contribution in [0.1, 0.15) is 0 Å². The minimum absolute atomic E-state index is 0.0292. The van der Waals surface area contributed by atoms with Gasteiger partial charge >= 0.3 is 0 Å². The van der Waals surface area contributed by atoms with Crippen molar-refractivity contribution >= 4 is 86.0 Å². The Labute approximate surface area is 254 Å². The summed E-state index contributed by atoms with van der Waals surface area (Å²) in [5, 5.41) is 27.0. The van der Waals surface area contributed by atoms with Gasteiger partial charge in [-0.05, 0) is 59.3 Å². The van der Waals surface area contributed by atoms with Gasteiger partial charge in [-0.2, -0.15) is 30.4 Å². The summed E-state index contributed by atoms with van der Waals surface area (Å²) in [5.41, 5.74) is 10.7. The zero-order valence-corrected chi connectivity index (χ0v) is 24.8. The summed E-state index contributed by atoms with van der Waals surface area (Å²) in [7, 11) is -14.2. The van der Waals surface area contributed by atoms with Gasteiger partial charge in [-0.25, -0.2) is 0 Å². The van der Waals surface area contributed by atoms with Gasteiger partial charge in [0.25, 0.3) is 30.4 Å². The van der Waals surface area contributed by atoms with Crippen LogP contribution in [0.25, 0.3) is 21.5 Å². The number of benzene rings is 5. The molecule has 0 saturated carbocycles. The molecule has 0 saturated heterocycles. The number of hydrogen-bond donors (Lipinski definition) is 6. The molecule has 0 aliphatic carbocycles. The number of phenols is 1. The molecule has 0 spiro atoms. The third-order valence-corrected chi connectivity index (χ3v) is 9.09. The molecule has 0 aromatic heterocycles. The van der Waals surface area contributed by atoms with E-state index in [9.17, 15) is 44.0 Å². The number of azo groups is 2. The van der Waals surface area contributed by atoms with Crippen molar-refractivity contribution in [2.75, 3.05) is 11.5 Å². The second-order valence-electron chi connectivity index (χ2n) is 9.38. The molecular weight excluding hydrogens is 653 g/mol. The fourth-order valence-corrected chi connectivity index (χ4v) is 6.39. The van der Waals surface area contributed by atoms with Gasteiger partial charge in [-0.15, -0.1) is 15.3 Å². The number of hydrogen-bond acceptors (Lipinski definition) is 13. The molecule has 0 radical (unpaired) electrons. The molecule has 19 heteroatoms. The molecule has 16 nitrogen and oxygen atoms in total. The van der Waals surface area contributed by atoms with E-state index in [1.165, 1.54) is 54.6 Å². The molecule has 0 unspecified atom stereocenters. The third kappa shape index (κ3) is 6.29. The quantitative estimate of drug-likeness (QED) is 0.0716. The number of rotatable bonds is 7. The Morgan fingerprint density at radius 1 is 0.578 bits per heavy atom. The van der Waals surface area contributed by atoms with Gasteiger partial charge < -0.3 is 16.6 Å². The van der Waals surface area contributed by atoms with Gasteiger partial charge in [-0.3, -0.25) is 13.7 Å². The number of nitrogens with two attached hydrogens (primary N) is 2. The van der Waals surface area contributed by atoms with E-state index in [0.29, 0.717) is 5.39 Å². The first-order valence-corrected chi connectivity index (χ1v) is 16.5. The SMILES string of the molecule is Nc1ccc(S(=O)(=O)O)c(N=Nc2ccc3cc(S(=O)(=O)O)c(N=Nc4ccc5c(S(=O)(=O)O)cccc5c4)c(O)c3c2N)c1. The van der Waals surface area contributed by atoms with E-state index in [4.69, 9.17) is 11.5 Å². The summed E-state index contributed by atoms with van der Waals surface area (Å²) in [6.45, 7) is 0. The Bertz CT molecular complexity index is 2450. The van der Waals surface area contributed by atoms with Crippen molar-refractivity contribution < 1.29 is 44.0 Å². The predicted octanol–water partition coefficient (Wildman–Crippen LogP) is 5.43. The second-order valence-corrected chi connectivity index (χ2v) is 13.6. The highest BCUT2D eigenvalue weighted by Gasteiger charge is 2.24. The molecule has 45 heavy (non-hydrogen) atoms. The first-order chi connectivity index (χ1) is 20.9. The summed E-state index contributed by atoms with van der Waals surface area (Å²) in [5.74, 6) is -0.824. The van der Waals surface area contributed by atoms with E-state index in [1.807, 2.05) is 0 Å². The van der Waals surface area contributed by atoms with Gasteiger partial charge in [-0.1, -0.05) is 24.3 Å². The van der Waals surface area contributed by atoms with Crippen LogP contribution in [0.3, 0.4) is 0 Å². The Balaban J connectivity index is 1.64. The van der Waals surface area contributed by atoms with E-state index in [1.54, 1.807) is 0 Å². The fourth-order valence-electron chi connectivity index (χ4n) is 4.41. The van der Waals surface area contributed by atoms with Gasteiger partial charge in [0.15, 0.2) is 5.75 Å². The van der Waals surface area contributed by atoms with Gasteiger partial charge in [0.1, 0.15) is 31.7 Å². The van der Waals surface area contributed by atoms with Crippen LogP contribution in [0.2, 0.25) is 0 Å². The van der Waals surface area contributed by atoms with Crippen LogP contribution in [-0.4, -0.2) is 44.0 Å². The average molecular weight is 673 g/mol. The molecule has 0 amide bonds. The summed E-state index contributed by atoms with van der Waals surface area (Å²) in [6.07, 6.45) is 0. The van der Waals surface area contributed by atoms with E-state index < -0.39 is 51.6 Å². The maximum atomic E-state index is 12.2. The molecule has 5 aromatic rings. The van der Waals surface area contributed by atoms with Crippen molar-refractivity contribution in [3.63, 3.8) is 0 Å². The molecule has 0 atom stereocenters. The Hall–Kier alpha value is -5.05. The van der Waals surface area contributed by atoms with E-state index in [-0.39, 0.29) is 49.5 Å². The van der Waals surface area contributed by atoms with Crippen LogP contribution in [0.4, 0.5) is 34.1 Å². The van der Waals surface area contributed by atoms with Gasteiger partial charge in [0.05, 0.1) is 16.8 Å². The Morgan fingerprint density at radius 2 is 1.24 bits per heavy atom. The fraction of sp³-hybridized carbons (Fsp3) is 0. The molecule has 0 bridgehead atoms. The van der Waals surface area contributed by atoms with Crippen LogP contribution < -0.4 is 11.5 Å². The summed E-state index contributed by atoms with van der Waals surface area (Å²) in [4.78, 5) is -1.76. The Kier molecular flexibility index (Phi) is 7.77.